The number of carbonyl (C=O) groups excluding carboxylic acids is 3. The van der Waals surface area contributed by atoms with Gasteiger partial charge in [0, 0.05) is 61.2 Å². The molecule has 0 unspecified atom stereocenters. The molecule has 0 aliphatic carbocycles. The lowest BCUT2D eigenvalue weighted by Crippen LogP contribution is -2.37. The van der Waals surface area contributed by atoms with E-state index >= 15 is 0 Å². The summed E-state index contributed by atoms with van der Waals surface area (Å²) in [4.78, 5) is 49.2. The lowest BCUT2D eigenvalue weighted by atomic mass is 9.98. The van der Waals surface area contributed by atoms with Crippen LogP contribution in [0.3, 0.4) is 0 Å². The number of rotatable bonds is 16. The van der Waals surface area contributed by atoms with Crippen molar-refractivity contribution in [3.63, 3.8) is 0 Å². The third kappa shape index (κ3) is 9.43. The van der Waals surface area contributed by atoms with Gasteiger partial charge in [-0.25, -0.2) is 17.8 Å². The van der Waals surface area contributed by atoms with E-state index < -0.39 is 15.9 Å². The van der Waals surface area contributed by atoms with Gasteiger partial charge in [-0.2, -0.15) is 5.10 Å². The minimum absolute atomic E-state index is 0.0130. The number of nitrogens with one attached hydrogen (secondary N) is 1. The van der Waals surface area contributed by atoms with Crippen LogP contribution < -0.4 is 9.62 Å². The molecule has 1 aromatic heterocycles. The molecule has 0 radical (unpaired) electrons. The summed E-state index contributed by atoms with van der Waals surface area (Å²) >= 11 is 8.62. The van der Waals surface area contributed by atoms with Gasteiger partial charge >= 0.3 is 0 Å². The van der Waals surface area contributed by atoms with Crippen molar-refractivity contribution in [1.29, 1.82) is 0 Å². The molecule has 3 heterocycles. The van der Waals surface area contributed by atoms with Crippen LogP contribution in [0.2, 0.25) is 5.02 Å². The van der Waals surface area contributed by atoms with E-state index in [1.54, 1.807) is 46.7 Å². The summed E-state index contributed by atoms with van der Waals surface area (Å²) < 4.78 is 31.2. The van der Waals surface area contributed by atoms with E-state index in [-0.39, 0.29) is 38.6 Å². The number of anilines is 1. The van der Waals surface area contributed by atoms with Gasteiger partial charge in [0.15, 0.2) is 5.69 Å². The number of carbonyl (C=O) groups is 3. The number of benzene rings is 4. The maximum absolute atomic E-state index is 14.6. The molecule has 1 N–H and O–H groups in total. The molecule has 2 aliphatic heterocycles. The Hall–Kier alpha value is -5.11. The Morgan fingerprint density at radius 2 is 1.52 bits per heavy atom. The highest BCUT2D eigenvalue weighted by molar-refractivity contribution is 7.99. The summed E-state index contributed by atoms with van der Waals surface area (Å²) in [6, 6.07) is 27.5. The van der Waals surface area contributed by atoms with Crippen molar-refractivity contribution in [2.24, 2.45) is 0 Å². The van der Waals surface area contributed by atoms with Crippen molar-refractivity contribution in [3.05, 3.63) is 135 Å². The molecule has 11 nitrogen and oxygen atoms in total. The van der Waals surface area contributed by atoms with Gasteiger partial charge in [-0.05, 0) is 97.8 Å². The molecule has 60 heavy (non-hydrogen) atoms. The molecule has 0 saturated heterocycles. The van der Waals surface area contributed by atoms with Crippen LogP contribution in [-0.4, -0.2) is 84.2 Å². The highest BCUT2D eigenvalue weighted by atomic mass is 35.5. The van der Waals surface area contributed by atoms with Gasteiger partial charge in [0.05, 0.1) is 26.9 Å². The fourth-order valence-electron chi connectivity index (χ4n) is 7.77. The smallest absolute Gasteiger partial charge is 0.275 e. The minimum atomic E-state index is -4.28. The molecule has 0 spiro atoms. The van der Waals surface area contributed by atoms with Crippen LogP contribution >= 0.6 is 23.4 Å². The van der Waals surface area contributed by atoms with Crippen LogP contribution in [0.25, 0.3) is 5.69 Å². The van der Waals surface area contributed by atoms with E-state index in [1.807, 2.05) is 36.4 Å². The third-order valence-electron chi connectivity index (χ3n) is 11.2. The zero-order valence-electron chi connectivity index (χ0n) is 34.3. The zero-order valence-corrected chi connectivity index (χ0v) is 36.7. The van der Waals surface area contributed by atoms with Gasteiger partial charge in [0.1, 0.15) is 0 Å². The summed E-state index contributed by atoms with van der Waals surface area (Å²) in [5.41, 5.74) is 5.03. The fourth-order valence-corrected chi connectivity index (χ4v) is 9.89. The van der Waals surface area contributed by atoms with Gasteiger partial charge in [0.25, 0.3) is 27.7 Å². The quantitative estimate of drug-likeness (QED) is 0.0983. The van der Waals surface area contributed by atoms with Crippen molar-refractivity contribution >= 4 is 56.8 Å². The van der Waals surface area contributed by atoms with E-state index in [1.165, 1.54) is 27.8 Å². The maximum Gasteiger partial charge on any atom is 0.275 e. The van der Waals surface area contributed by atoms with Gasteiger partial charge < -0.3 is 14.7 Å². The molecule has 14 heteroatoms. The summed E-state index contributed by atoms with van der Waals surface area (Å²) in [7, 11) is -4.28. The van der Waals surface area contributed by atoms with Crippen molar-refractivity contribution in [2.75, 3.05) is 43.4 Å². The Bertz CT molecular complexity index is 2480. The number of fused-ring (bicyclic) bond motifs is 2. The molecule has 0 atom stereocenters. The zero-order chi connectivity index (χ0) is 42.4. The van der Waals surface area contributed by atoms with Crippen LogP contribution in [-0.2, 0) is 29.4 Å². The van der Waals surface area contributed by atoms with Gasteiger partial charge in [0.2, 0.25) is 0 Å². The monoisotopic (exact) mass is 866 g/mol. The Balaban J connectivity index is 1.16. The van der Waals surface area contributed by atoms with Crippen molar-refractivity contribution in [1.82, 2.24) is 24.3 Å². The largest absolute Gasteiger partial charge is 0.370 e. The Kier molecular flexibility index (Phi) is 13.7. The fraction of sp³-hybridized carbons (Fsp3) is 0.348. The molecule has 4 aromatic carbocycles. The second-order valence-electron chi connectivity index (χ2n) is 15.3. The van der Waals surface area contributed by atoms with Gasteiger partial charge in [-0.15, -0.1) is 11.8 Å². The minimum Gasteiger partial charge on any atom is -0.370 e. The second-order valence-corrected chi connectivity index (χ2v) is 18.5. The average Bonchev–Trinajstić information content (AvgIpc) is 3.81. The third-order valence-corrected chi connectivity index (χ3v) is 14.0. The normalized spacial score (nSPS) is 13.5. The summed E-state index contributed by atoms with van der Waals surface area (Å²) in [6.07, 6.45) is 4.86. The second kappa shape index (κ2) is 19.1. The number of nitrogens with zero attached hydrogens (tertiary/aromatic N) is 5. The molecule has 0 saturated carbocycles. The number of unbranched alkanes of at least 4 members (excludes halogenated alkanes) is 2. The number of amides is 3. The van der Waals surface area contributed by atoms with Crippen molar-refractivity contribution in [2.45, 2.75) is 75.6 Å². The summed E-state index contributed by atoms with van der Waals surface area (Å²) in [5.74, 6) is -0.648. The Morgan fingerprint density at radius 3 is 2.25 bits per heavy atom. The first-order valence-corrected chi connectivity index (χ1v) is 23.5. The predicted molar refractivity (Wildman–Crippen MR) is 238 cm³/mol. The first-order chi connectivity index (χ1) is 29.0. The summed E-state index contributed by atoms with van der Waals surface area (Å²) in [5, 5.41) is 4.88. The molecule has 0 fully saturated rings. The molecule has 314 valence electrons. The molecule has 2 aliphatic rings. The topological polar surface area (TPSA) is 125 Å². The SMILES string of the molecule is CCCCN(CCCC)C(=O)c1nn(-c2ccc(C(=O)NS(=O)(=O)c3ccc4c(c3)CCN4CCSc3ccccc3)cc2C(=O)N2CCc3ccccc3C2)c(C)c1Cl. The number of aromatic nitrogens is 2. The van der Waals surface area contributed by atoms with Crippen LogP contribution in [0.1, 0.15) is 93.1 Å². The van der Waals surface area contributed by atoms with Crippen LogP contribution in [0.15, 0.2) is 101 Å². The highest BCUT2D eigenvalue weighted by Gasteiger charge is 2.30. The van der Waals surface area contributed by atoms with E-state index in [2.05, 4.69) is 41.7 Å². The maximum atomic E-state index is 14.6. The number of hydrogen-bond donors (Lipinski definition) is 1. The Labute approximate surface area is 362 Å². The van der Waals surface area contributed by atoms with E-state index in [0.29, 0.717) is 50.4 Å². The molecule has 0 bridgehead atoms. The number of thioether (sulfide) groups is 1. The number of hydrogen-bond acceptors (Lipinski definition) is 8. The van der Waals surface area contributed by atoms with Crippen molar-refractivity contribution in [3.8, 4) is 5.69 Å². The van der Waals surface area contributed by atoms with E-state index in [4.69, 9.17) is 16.7 Å². The van der Waals surface area contributed by atoms with Gasteiger partial charge in [-0.1, -0.05) is 80.8 Å². The average molecular weight is 868 g/mol. The van der Waals surface area contributed by atoms with E-state index in [9.17, 15) is 22.8 Å². The standard InChI is InChI=1S/C46H51ClN6O5S2/c1-4-6-23-51(24-7-5-2)46(56)43-42(47)32(3)53(48-43)41-19-17-35(30-39(41)45(55)52-26-21-33-13-11-12-14-36(33)31-52)44(54)49-60(57,58)38-18-20-40-34(29-38)22-25-50(40)27-28-59-37-15-9-8-10-16-37/h8-20,29-30H,4-7,21-28,31H2,1-3H3,(H,49,54). The molecule has 3 amide bonds. The Morgan fingerprint density at radius 1 is 0.833 bits per heavy atom. The predicted octanol–water partition coefficient (Wildman–Crippen LogP) is 8.35. The van der Waals surface area contributed by atoms with Crippen LogP contribution in [0.5, 0.6) is 0 Å². The highest BCUT2D eigenvalue weighted by Crippen LogP contribution is 2.32. The van der Waals surface area contributed by atoms with Crippen molar-refractivity contribution < 1.29 is 22.8 Å². The van der Waals surface area contributed by atoms with E-state index in [0.717, 1.165) is 66.9 Å². The van der Waals surface area contributed by atoms with Crippen LogP contribution in [0, 0.1) is 6.92 Å². The summed E-state index contributed by atoms with van der Waals surface area (Å²) in [6.45, 7) is 9.40. The molecular weight excluding hydrogens is 816 g/mol. The first-order valence-electron chi connectivity index (χ1n) is 20.7. The first kappa shape index (κ1) is 43.0. The molecule has 7 rings (SSSR count). The van der Waals surface area contributed by atoms with Gasteiger partial charge in [-0.3, -0.25) is 14.4 Å². The molecule has 5 aromatic rings. The molecular formula is C46H51ClN6O5S2. The lowest BCUT2D eigenvalue weighted by Gasteiger charge is -2.29. The van der Waals surface area contributed by atoms with Crippen LogP contribution in [0.4, 0.5) is 5.69 Å². The number of halogens is 1. The lowest BCUT2D eigenvalue weighted by molar-refractivity contribution is 0.0732. The number of sulfonamides is 1.